The van der Waals surface area contributed by atoms with Crippen molar-refractivity contribution in [2.75, 3.05) is 0 Å². The number of benzene rings is 1. The number of fused-ring (bicyclic) bond motifs is 1. The molecule has 1 atom stereocenters. The van der Waals surface area contributed by atoms with E-state index >= 15 is 0 Å². The molecule has 0 aliphatic carbocycles. The summed E-state index contributed by atoms with van der Waals surface area (Å²) >= 11 is 0. The first-order valence-corrected chi connectivity index (χ1v) is 5.76. The second-order valence-electron chi connectivity index (χ2n) is 4.09. The van der Waals surface area contributed by atoms with Gasteiger partial charge in [-0.25, -0.2) is 4.99 Å². The van der Waals surface area contributed by atoms with Crippen LogP contribution in [0.3, 0.4) is 0 Å². The van der Waals surface area contributed by atoms with Crippen molar-refractivity contribution < 1.29 is 4.74 Å². The minimum Gasteiger partial charge on any atom is -0.489 e. The lowest BCUT2D eigenvalue weighted by molar-refractivity contribution is 0.137. The summed E-state index contributed by atoms with van der Waals surface area (Å²) in [6.45, 7) is 0.528. The molecule has 5 heteroatoms. The highest BCUT2D eigenvalue weighted by Crippen LogP contribution is 2.21. The summed E-state index contributed by atoms with van der Waals surface area (Å²) in [6, 6.07) is 10.0. The molecule has 1 aromatic carbocycles. The van der Waals surface area contributed by atoms with Crippen molar-refractivity contribution in [1.29, 1.82) is 0 Å². The van der Waals surface area contributed by atoms with Crippen LogP contribution in [0.15, 0.2) is 59.4 Å². The van der Waals surface area contributed by atoms with E-state index in [0.29, 0.717) is 12.6 Å². The van der Waals surface area contributed by atoms with E-state index in [1.807, 2.05) is 53.7 Å². The lowest BCUT2D eigenvalue weighted by Gasteiger charge is -2.25. The lowest BCUT2D eigenvalue weighted by Crippen LogP contribution is -2.41. The van der Waals surface area contributed by atoms with Gasteiger partial charge in [0.25, 0.3) is 0 Å². The molecule has 0 spiro atoms. The Labute approximate surface area is 105 Å². The third kappa shape index (κ3) is 2.02. The van der Waals surface area contributed by atoms with Gasteiger partial charge in [0.05, 0.1) is 0 Å². The van der Waals surface area contributed by atoms with E-state index in [9.17, 15) is 0 Å². The first-order chi connectivity index (χ1) is 8.83. The molecule has 2 heterocycles. The summed E-state index contributed by atoms with van der Waals surface area (Å²) < 4.78 is 5.80. The first-order valence-electron chi connectivity index (χ1n) is 5.76. The Hall–Kier alpha value is -2.43. The van der Waals surface area contributed by atoms with Crippen LogP contribution in [-0.4, -0.2) is 17.1 Å². The van der Waals surface area contributed by atoms with Gasteiger partial charge in [-0.3, -0.25) is 10.4 Å². The number of hydrazine groups is 1. The molecule has 3 rings (SSSR count). The molecule has 0 amide bonds. The van der Waals surface area contributed by atoms with Gasteiger partial charge in [0.2, 0.25) is 5.96 Å². The molecule has 18 heavy (non-hydrogen) atoms. The number of rotatable bonds is 3. The highest BCUT2D eigenvalue weighted by molar-refractivity contribution is 5.79. The number of nitrogens with zero attached hydrogens (tertiary/aromatic N) is 2. The van der Waals surface area contributed by atoms with Crippen molar-refractivity contribution in [2.45, 2.75) is 12.8 Å². The monoisotopic (exact) mass is 242 g/mol. The van der Waals surface area contributed by atoms with Crippen LogP contribution in [0.1, 0.15) is 5.56 Å². The third-order valence-corrected chi connectivity index (χ3v) is 2.78. The normalized spacial score (nSPS) is 20.9. The SMILES string of the molecule is NC1=NC2C(OCc3ccccc3)=CC=CN2N1. The van der Waals surface area contributed by atoms with Crippen LogP contribution < -0.4 is 11.2 Å². The molecule has 1 unspecified atom stereocenters. The second-order valence-corrected chi connectivity index (χ2v) is 4.09. The minimum atomic E-state index is -0.196. The Morgan fingerprint density at radius 1 is 1.33 bits per heavy atom. The van der Waals surface area contributed by atoms with Gasteiger partial charge < -0.3 is 10.5 Å². The van der Waals surface area contributed by atoms with Gasteiger partial charge in [0.1, 0.15) is 12.4 Å². The Kier molecular flexibility index (Phi) is 2.64. The molecule has 0 bridgehead atoms. The van der Waals surface area contributed by atoms with Gasteiger partial charge in [-0.15, -0.1) is 0 Å². The summed E-state index contributed by atoms with van der Waals surface area (Å²) in [5, 5.41) is 1.82. The fraction of sp³-hybridized carbons (Fsp3) is 0.154. The zero-order valence-corrected chi connectivity index (χ0v) is 9.78. The Morgan fingerprint density at radius 3 is 3.00 bits per heavy atom. The topological polar surface area (TPSA) is 62.9 Å². The minimum absolute atomic E-state index is 0.196. The Balaban J connectivity index is 1.69. The van der Waals surface area contributed by atoms with E-state index in [0.717, 1.165) is 11.3 Å². The van der Waals surface area contributed by atoms with E-state index in [-0.39, 0.29) is 6.17 Å². The van der Waals surface area contributed by atoms with E-state index in [2.05, 4.69) is 10.4 Å². The molecule has 92 valence electrons. The van der Waals surface area contributed by atoms with Gasteiger partial charge in [0.15, 0.2) is 6.17 Å². The van der Waals surface area contributed by atoms with Crippen LogP contribution in [0.25, 0.3) is 0 Å². The smallest absolute Gasteiger partial charge is 0.210 e. The van der Waals surface area contributed by atoms with Crippen molar-refractivity contribution in [1.82, 2.24) is 10.4 Å². The Bertz CT molecular complexity index is 521. The van der Waals surface area contributed by atoms with Gasteiger partial charge >= 0.3 is 0 Å². The summed E-state index contributed by atoms with van der Waals surface area (Å²) in [4.78, 5) is 4.27. The van der Waals surface area contributed by atoms with Crippen LogP contribution in [0.2, 0.25) is 0 Å². The molecule has 0 fully saturated rings. The van der Waals surface area contributed by atoms with Crippen molar-refractivity contribution in [3.8, 4) is 0 Å². The van der Waals surface area contributed by atoms with Gasteiger partial charge in [-0.2, -0.15) is 0 Å². The van der Waals surface area contributed by atoms with E-state index < -0.39 is 0 Å². The largest absolute Gasteiger partial charge is 0.489 e. The maximum absolute atomic E-state index is 5.80. The molecule has 0 aromatic heterocycles. The molecule has 2 aliphatic heterocycles. The third-order valence-electron chi connectivity index (χ3n) is 2.78. The van der Waals surface area contributed by atoms with Gasteiger partial charge in [-0.05, 0) is 17.7 Å². The maximum atomic E-state index is 5.80. The number of allylic oxidation sites excluding steroid dienone is 2. The molecule has 0 saturated carbocycles. The number of nitrogens with two attached hydrogens (primary N) is 1. The predicted molar refractivity (Wildman–Crippen MR) is 68.8 cm³/mol. The lowest BCUT2D eigenvalue weighted by atomic mass is 10.2. The van der Waals surface area contributed by atoms with E-state index in [4.69, 9.17) is 10.5 Å². The highest BCUT2D eigenvalue weighted by atomic mass is 16.5. The maximum Gasteiger partial charge on any atom is 0.210 e. The predicted octanol–water partition coefficient (Wildman–Crippen LogP) is 1.08. The summed E-state index contributed by atoms with van der Waals surface area (Å²) in [7, 11) is 0. The molecule has 0 saturated heterocycles. The molecule has 3 N–H and O–H groups in total. The number of nitrogens with one attached hydrogen (secondary N) is 1. The highest BCUT2D eigenvalue weighted by Gasteiger charge is 2.28. The number of hydrogen-bond donors (Lipinski definition) is 2. The standard InChI is InChI=1S/C13H14N4O/c14-13-15-12-11(7-4-8-17(12)16-13)18-9-10-5-2-1-3-6-10/h1-8,12H,9H2,(H3,14,15,16). The number of ether oxygens (including phenoxy) is 1. The van der Waals surface area contributed by atoms with Crippen molar-refractivity contribution in [3.63, 3.8) is 0 Å². The summed E-state index contributed by atoms with van der Waals surface area (Å²) in [6.07, 6.45) is 5.49. The van der Waals surface area contributed by atoms with Gasteiger partial charge in [0, 0.05) is 6.20 Å². The summed E-state index contributed by atoms with van der Waals surface area (Å²) in [5.74, 6) is 1.19. The number of aliphatic imine (C=N–C) groups is 1. The zero-order chi connectivity index (χ0) is 12.4. The Morgan fingerprint density at radius 2 is 2.17 bits per heavy atom. The van der Waals surface area contributed by atoms with E-state index in [1.165, 1.54) is 0 Å². The second kappa shape index (κ2) is 4.44. The quantitative estimate of drug-likeness (QED) is 0.832. The molecule has 1 aromatic rings. The molecular formula is C13H14N4O. The molecule has 5 nitrogen and oxygen atoms in total. The van der Waals surface area contributed by atoms with Crippen LogP contribution in [0, 0.1) is 0 Å². The fourth-order valence-corrected chi connectivity index (χ4v) is 1.92. The molecular weight excluding hydrogens is 228 g/mol. The summed E-state index contributed by atoms with van der Waals surface area (Å²) in [5.41, 5.74) is 9.71. The average molecular weight is 242 g/mol. The molecule has 0 radical (unpaired) electrons. The van der Waals surface area contributed by atoms with Crippen LogP contribution >= 0.6 is 0 Å². The number of hydrogen-bond acceptors (Lipinski definition) is 5. The first kappa shape index (κ1) is 10.7. The molecule has 2 aliphatic rings. The van der Waals surface area contributed by atoms with Crippen molar-refractivity contribution in [3.05, 3.63) is 60.0 Å². The average Bonchev–Trinajstić information content (AvgIpc) is 2.78. The zero-order valence-electron chi connectivity index (χ0n) is 9.78. The van der Waals surface area contributed by atoms with Crippen molar-refractivity contribution >= 4 is 5.96 Å². The van der Waals surface area contributed by atoms with Crippen LogP contribution in [0.5, 0.6) is 0 Å². The van der Waals surface area contributed by atoms with E-state index in [1.54, 1.807) is 0 Å². The van der Waals surface area contributed by atoms with Crippen LogP contribution in [-0.2, 0) is 11.3 Å². The van der Waals surface area contributed by atoms with Crippen molar-refractivity contribution in [2.24, 2.45) is 10.7 Å². The van der Waals surface area contributed by atoms with Crippen LogP contribution in [0.4, 0.5) is 0 Å². The fourth-order valence-electron chi connectivity index (χ4n) is 1.92. The number of guanidine groups is 1. The van der Waals surface area contributed by atoms with Gasteiger partial charge in [-0.1, -0.05) is 30.3 Å².